The molecular formula is C17H19NO3. The topological polar surface area (TPSA) is 80.3 Å². The van der Waals surface area contributed by atoms with Crippen LogP contribution in [0.1, 0.15) is 30.2 Å². The van der Waals surface area contributed by atoms with Gasteiger partial charge in [0.25, 0.3) is 0 Å². The number of benzene rings is 2. The third kappa shape index (κ3) is 4.41. The zero-order valence-electron chi connectivity index (χ0n) is 11.9. The molecule has 3 N–H and O–H groups in total. The van der Waals surface area contributed by atoms with Gasteiger partial charge in [-0.1, -0.05) is 60.7 Å². The molecule has 0 aliphatic carbocycles. The summed E-state index contributed by atoms with van der Waals surface area (Å²) < 4.78 is 4.90. The van der Waals surface area contributed by atoms with Gasteiger partial charge in [0.15, 0.2) is 0 Å². The van der Waals surface area contributed by atoms with Crippen LogP contribution in [0.25, 0.3) is 0 Å². The maximum atomic E-state index is 10.3. The molecule has 0 saturated carbocycles. The van der Waals surface area contributed by atoms with Gasteiger partial charge in [0.1, 0.15) is 18.2 Å². The van der Waals surface area contributed by atoms with Crippen LogP contribution in [0, 0.1) is 0 Å². The molecule has 3 atom stereocenters. The number of ether oxygens (including phenoxy) is 1. The van der Waals surface area contributed by atoms with Gasteiger partial charge in [-0.2, -0.15) is 0 Å². The number of quaternary nitrogens is 1. The number of epoxide rings is 1. The summed E-state index contributed by atoms with van der Waals surface area (Å²) in [5, 5.41) is 10.3. The lowest BCUT2D eigenvalue weighted by atomic mass is 10.1. The Balaban J connectivity index is 0.000000161. The van der Waals surface area contributed by atoms with Gasteiger partial charge < -0.3 is 20.4 Å². The number of hydrogen-bond donors (Lipinski definition) is 1. The van der Waals surface area contributed by atoms with Crippen LogP contribution in [0.4, 0.5) is 0 Å². The Morgan fingerprint density at radius 3 is 2.00 bits per heavy atom. The van der Waals surface area contributed by atoms with E-state index in [1.807, 2.05) is 48.5 Å². The number of hydrogen-bond acceptors (Lipinski definition) is 3. The Morgan fingerprint density at radius 1 is 1.10 bits per heavy atom. The minimum atomic E-state index is -1.14. The molecular weight excluding hydrogens is 266 g/mol. The second-order valence-corrected chi connectivity index (χ2v) is 5.02. The molecule has 0 unspecified atom stereocenters. The molecule has 2 aromatic carbocycles. The van der Waals surface area contributed by atoms with Gasteiger partial charge in [0.05, 0.1) is 5.97 Å². The molecule has 3 rings (SSSR count). The second-order valence-electron chi connectivity index (χ2n) is 5.02. The largest absolute Gasteiger partial charge is 0.547 e. The first-order valence-corrected chi connectivity index (χ1v) is 6.89. The molecule has 1 saturated heterocycles. The fraction of sp³-hybridized carbons (Fsp3) is 0.235. The molecule has 0 amide bonds. The van der Waals surface area contributed by atoms with Gasteiger partial charge in [-0.25, -0.2) is 0 Å². The van der Waals surface area contributed by atoms with Gasteiger partial charge in [0.2, 0.25) is 0 Å². The van der Waals surface area contributed by atoms with Crippen LogP contribution in [0.3, 0.4) is 0 Å². The lowest BCUT2D eigenvalue weighted by Gasteiger charge is -1.98. The summed E-state index contributed by atoms with van der Waals surface area (Å²) in [5.41, 5.74) is 6.11. The van der Waals surface area contributed by atoms with Gasteiger partial charge in [0, 0.05) is 5.56 Å². The van der Waals surface area contributed by atoms with Crippen LogP contribution in [0.2, 0.25) is 0 Å². The highest BCUT2D eigenvalue weighted by atomic mass is 16.6. The van der Waals surface area contributed by atoms with Crippen molar-refractivity contribution in [1.29, 1.82) is 0 Å². The van der Waals surface area contributed by atoms with E-state index in [4.69, 9.17) is 4.74 Å². The van der Waals surface area contributed by atoms with Crippen molar-refractivity contribution in [3.8, 4) is 0 Å². The average molecular weight is 285 g/mol. The van der Waals surface area contributed by atoms with Crippen molar-refractivity contribution in [2.75, 3.05) is 0 Å². The van der Waals surface area contributed by atoms with E-state index in [2.05, 4.69) is 24.8 Å². The Hall–Kier alpha value is -2.17. The van der Waals surface area contributed by atoms with Gasteiger partial charge in [-0.3, -0.25) is 0 Å². The molecule has 110 valence electrons. The Labute approximate surface area is 124 Å². The van der Waals surface area contributed by atoms with Crippen LogP contribution in [0.5, 0.6) is 0 Å². The fourth-order valence-electron chi connectivity index (χ4n) is 1.97. The third-order valence-electron chi connectivity index (χ3n) is 3.22. The Kier molecular flexibility index (Phi) is 5.09. The summed E-state index contributed by atoms with van der Waals surface area (Å²) in [7, 11) is 0. The monoisotopic (exact) mass is 285 g/mol. The van der Waals surface area contributed by atoms with Crippen LogP contribution < -0.4 is 10.8 Å². The Morgan fingerprint density at radius 2 is 1.62 bits per heavy atom. The van der Waals surface area contributed by atoms with Gasteiger partial charge >= 0.3 is 0 Å². The molecule has 2 aromatic rings. The summed E-state index contributed by atoms with van der Waals surface area (Å²) in [4.78, 5) is 10.3. The van der Waals surface area contributed by atoms with Crippen molar-refractivity contribution in [3.05, 3.63) is 71.8 Å². The molecule has 1 aliphatic heterocycles. The summed E-state index contributed by atoms with van der Waals surface area (Å²) >= 11 is 0. The first kappa shape index (κ1) is 15.2. The number of carboxylic acid groups (broad SMARTS) is 1. The minimum Gasteiger partial charge on any atom is -0.547 e. The van der Waals surface area contributed by atoms with Crippen molar-refractivity contribution >= 4 is 5.97 Å². The predicted molar refractivity (Wildman–Crippen MR) is 76.8 cm³/mol. The molecule has 1 aliphatic rings. The highest BCUT2D eigenvalue weighted by Gasteiger charge is 2.40. The highest BCUT2D eigenvalue weighted by Crippen LogP contribution is 2.37. The zero-order valence-corrected chi connectivity index (χ0v) is 11.9. The molecule has 0 radical (unpaired) electrons. The van der Waals surface area contributed by atoms with Crippen LogP contribution in [-0.4, -0.2) is 12.1 Å². The van der Waals surface area contributed by atoms with Crippen LogP contribution in [-0.2, 0) is 9.53 Å². The van der Waals surface area contributed by atoms with Gasteiger partial charge in [-0.05, 0) is 12.5 Å². The summed E-state index contributed by atoms with van der Waals surface area (Å²) in [6.45, 7) is 2.09. The first-order valence-electron chi connectivity index (χ1n) is 6.89. The van der Waals surface area contributed by atoms with E-state index in [1.165, 1.54) is 5.56 Å². The van der Waals surface area contributed by atoms with Crippen molar-refractivity contribution in [2.45, 2.75) is 25.2 Å². The van der Waals surface area contributed by atoms with E-state index >= 15 is 0 Å². The van der Waals surface area contributed by atoms with E-state index in [-0.39, 0.29) is 6.10 Å². The average Bonchev–Trinajstić information content (AvgIpc) is 3.30. The molecule has 1 fully saturated rings. The molecule has 21 heavy (non-hydrogen) atoms. The van der Waals surface area contributed by atoms with Gasteiger partial charge in [-0.15, -0.1) is 0 Å². The Bertz CT molecular complexity index is 569. The van der Waals surface area contributed by atoms with Crippen molar-refractivity contribution in [1.82, 2.24) is 0 Å². The summed E-state index contributed by atoms with van der Waals surface area (Å²) in [6.07, 6.45) is -1.04. The molecule has 0 spiro atoms. The van der Waals surface area contributed by atoms with E-state index in [1.54, 1.807) is 0 Å². The van der Waals surface area contributed by atoms with Crippen LogP contribution in [0.15, 0.2) is 60.7 Å². The van der Waals surface area contributed by atoms with Crippen molar-refractivity contribution in [3.63, 3.8) is 0 Å². The SMILES string of the molecule is C[C@@H]([NH3+])c1ccccc1.O=C([O-])[C@@H]1O[C@H]1c1ccccc1. The quantitative estimate of drug-likeness (QED) is 0.850. The molecule has 0 aromatic heterocycles. The smallest absolute Gasteiger partial charge is 0.128 e. The maximum absolute atomic E-state index is 10.3. The van der Waals surface area contributed by atoms with E-state index in [9.17, 15) is 9.90 Å². The summed E-state index contributed by atoms with van der Waals surface area (Å²) in [5.74, 6) is -1.14. The number of aliphatic carboxylic acids is 1. The van der Waals surface area contributed by atoms with Crippen molar-refractivity contribution in [2.24, 2.45) is 0 Å². The third-order valence-corrected chi connectivity index (χ3v) is 3.22. The molecule has 4 heteroatoms. The molecule has 4 nitrogen and oxygen atoms in total. The molecule has 0 bridgehead atoms. The number of rotatable bonds is 3. The maximum Gasteiger partial charge on any atom is 0.128 e. The lowest BCUT2D eigenvalue weighted by molar-refractivity contribution is -0.420. The summed E-state index contributed by atoms with van der Waals surface area (Å²) in [6, 6.07) is 20.0. The van der Waals surface area contributed by atoms with E-state index in [0.29, 0.717) is 6.04 Å². The number of carbonyl (C=O) groups is 1. The molecule has 1 heterocycles. The minimum absolute atomic E-state index is 0.295. The standard InChI is InChI=1S/C9H8O3.C8H11N/c10-9(11)8-7(12-8)6-4-2-1-3-5-6;1-7(9)8-5-3-2-4-6-8/h1-5,7-8H,(H,10,11);2-7H,9H2,1H3/t7-,8+;7-/m01/s1. The number of carboxylic acids is 1. The lowest BCUT2D eigenvalue weighted by Crippen LogP contribution is -2.51. The van der Waals surface area contributed by atoms with E-state index in [0.717, 1.165) is 5.56 Å². The highest BCUT2D eigenvalue weighted by molar-refractivity contribution is 5.74. The van der Waals surface area contributed by atoms with Crippen molar-refractivity contribution < 1.29 is 20.4 Å². The number of carbonyl (C=O) groups excluding carboxylic acids is 1. The normalized spacial score (nSPS) is 20.9. The van der Waals surface area contributed by atoms with E-state index < -0.39 is 12.1 Å². The first-order chi connectivity index (χ1) is 10.1. The van der Waals surface area contributed by atoms with Crippen LogP contribution >= 0.6 is 0 Å². The second kappa shape index (κ2) is 7.02. The zero-order chi connectivity index (χ0) is 15.2. The fourth-order valence-corrected chi connectivity index (χ4v) is 1.97. The predicted octanol–water partition coefficient (Wildman–Crippen LogP) is 0.866.